The molecule has 1 aliphatic heterocycles. The van der Waals surface area contributed by atoms with Gasteiger partial charge in [0.25, 0.3) is 0 Å². The maximum atomic E-state index is 10.8. The van der Waals surface area contributed by atoms with Crippen molar-refractivity contribution in [2.24, 2.45) is 5.92 Å². The van der Waals surface area contributed by atoms with Crippen LogP contribution in [0.4, 0.5) is 0 Å². The molecule has 1 rings (SSSR count). The van der Waals surface area contributed by atoms with E-state index in [4.69, 9.17) is 4.74 Å². The van der Waals surface area contributed by atoms with E-state index in [-0.39, 0.29) is 0 Å². The van der Waals surface area contributed by atoms with Crippen LogP contribution in [0.3, 0.4) is 0 Å². The molecule has 72 valence electrons. The van der Waals surface area contributed by atoms with Crippen molar-refractivity contribution in [3.05, 3.63) is 0 Å². The highest BCUT2D eigenvalue weighted by molar-refractivity contribution is 9.09. The standard InChI is InChI=1S/C8H15BrO2S/c1-12(10)5-3-7-6-11-4-2-8(7)9/h7-8H,2-6H2,1H3. The molecule has 1 heterocycles. The van der Waals surface area contributed by atoms with Crippen LogP contribution in [0.1, 0.15) is 12.8 Å². The van der Waals surface area contributed by atoms with Crippen LogP contribution in [-0.4, -0.2) is 34.3 Å². The summed E-state index contributed by atoms with van der Waals surface area (Å²) in [4.78, 5) is 0.565. The van der Waals surface area contributed by atoms with Gasteiger partial charge in [0.2, 0.25) is 0 Å². The first-order chi connectivity index (χ1) is 5.70. The quantitative estimate of drug-likeness (QED) is 0.715. The average molecular weight is 255 g/mol. The second kappa shape index (κ2) is 5.35. The Balaban J connectivity index is 2.24. The number of rotatable bonds is 3. The summed E-state index contributed by atoms with van der Waals surface area (Å²) >= 11 is 3.63. The Morgan fingerprint density at radius 3 is 3.00 bits per heavy atom. The van der Waals surface area contributed by atoms with Crippen LogP contribution in [0.5, 0.6) is 0 Å². The zero-order valence-corrected chi connectivity index (χ0v) is 9.70. The molecule has 0 amide bonds. The molecule has 0 saturated carbocycles. The van der Waals surface area contributed by atoms with Crippen molar-refractivity contribution in [3.8, 4) is 0 Å². The number of halogens is 1. The summed E-state index contributed by atoms with van der Waals surface area (Å²) < 4.78 is 16.2. The maximum absolute atomic E-state index is 10.8. The summed E-state index contributed by atoms with van der Waals surface area (Å²) in [6, 6.07) is 0. The molecule has 1 saturated heterocycles. The molecule has 0 radical (unpaired) electrons. The molecular weight excluding hydrogens is 240 g/mol. The van der Waals surface area contributed by atoms with Gasteiger partial charge in [0.05, 0.1) is 6.61 Å². The summed E-state index contributed by atoms with van der Waals surface area (Å²) in [5.41, 5.74) is 0. The molecule has 0 aromatic carbocycles. The second-order valence-corrected chi connectivity index (χ2v) is 5.94. The fraction of sp³-hybridized carbons (Fsp3) is 1.00. The highest BCUT2D eigenvalue weighted by Crippen LogP contribution is 2.24. The number of ether oxygens (including phenoxy) is 1. The Bertz CT molecular complexity index is 163. The third kappa shape index (κ3) is 3.54. The third-order valence-electron chi connectivity index (χ3n) is 2.16. The van der Waals surface area contributed by atoms with Gasteiger partial charge < -0.3 is 4.74 Å². The predicted octanol–water partition coefficient (Wildman–Crippen LogP) is 1.56. The first-order valence-corrected chi connectivity index (χ1v) is 6.86. The van der Waals surface area contributed by atoms with E-state index in [0.29, 0.717) is 10.7 Å². The zero-order chi connectivity index (χ0) is 8.97. The van der Waals surface area contributed by atoms with Crippen molar-refractivity contribution >= 4 is 26.7 Å². The molecule has 2 nitrogen and oxygen atoms in total. The Morgan fingerprint density at radius 2 is 2.42 bits per heavy atom. The van der Waals surface area contributed by atoms with Gasteiger partial charge in [-0.1, -0.05) is 15.9 Å². The summed E-state index contributed by atoms with van der Waals surface area (Å²) in [5.74, 6) is 1.36. The zero-order valence-electron chi connectivity index (χ0n) is 7.29. The number of alkyl halides is 1. The molecule has 0 bridgehead atoms. The topological polar surface area (TPSA) is 26.3 Å². The summed E-state index contributed by atoms with van der Waals surface area (Å²) in [5, 5.41) is 0. The smallest absolute Gasteiger partial charge is 0.0505 e. The van der Waals surface area contributed by atoms with Crippen molar-refractivity contribution in [2.75, 3.05) is 25.2 Å². The minimum absolute atomic E-state index is 0.558. The molecule has 1 aliphatic rings. The molecular formula is C8H15BrO2S. The van der Waals surface area contributed by atoms with Crippen molar-refractivity contribution in [1.82, 2.24) is 0 Å². The largest absolute Gasteiger partial charge is 0.381 e. The van der Waals surface area contributed by atoms with Gasteiger partial charge in [-0.15, -0.1) is 0 Å². The van der Waals surface area contributed by atoms with Gasteiger partial charge in [-0.25, -0.2) is 0 Å². The highest BCUT2D eigenvalue weighted by atomic mass is 79.9. The van der Waals surface area contributed by atoms with Gasteiger partial charge >= 0.3 is 0 Å². The van der Waals surface area contributed by atoms with Crippen molar-refractivity contribution in [3.63, 3.8) is 0 Å². The van der Waals surface area contributed by atoms with Gasteiger partial charge in [0.1, 0.15) is 0 Å². The summed E-state index contributed by atoms with van der Waals surface area (Å²) in [7, 11) is -0.659. The number of hydrogen-bond donors (Lipinski definition) is 0. The van der Waals surface area contributed by atoms with E-state index in [9.17, 15) is 4.21 Å². The van der Waals surface area contributed by atoms with Crippen LogP contribution < -0.4 is 0 Å². The molecule has 3 unspecified atom stereocenters. The molecule has 0 aromatic rings. The Morgan fingerprint density at radius 1 is 1.67 bits per heavy atom. The molecule has 0 N–H and O–H groups in total. The fourth-order valence-electron chi connectivity index (χ4n) is 1.35. The first-order valence-electron chi connectivity index (χ1n) is 4.22. The Kier molecular flexibility index (Phi) is 4.75. The highest BCUT2D eigenvalue weighted by Gasteiger charge is 2.22. The van der Waals surface area contributed by atoms with E-state index >= 15 is 0 Å². The van der Waals surface area contributed by atoms with Crippen molar-refractivity contribution < 1.29 is 8.95 Å². The Hall–Kier alpha value is 0.590. The normalized spacial score (nSPS) is 33.2. The van der Waals surface area contributed by atoms with Crippen molar-refractivity contribution in [1.29, 1.82) is 0 Å². The summed E-state index contributed by atoms with van der Waals surface area (Å²) in [6.45, 7) is 1.69. The van der Waals surface area contributed by atoms with Crippen molar-refractivity contribution in [2.45, 2.75) is 17.7 Å². The van der Waals surface area contributed by atoms with Gasteiger partial charge in [-0.3, -0.25) is 4.21 Å². The first kappa shape index (κ1) is 10.7. The van der Waals surface area contributed by atoms with Crippen LogP contribution in [0, 0.1) is 5.92 Å². The molecule has 3 atom stereocenters. The van der Waals surface area contributed by atoms with Crippen LogP contribution in [0.25, 0.3) is 0 Å². The van der Waals surface area contributed by atoms with E-state index in [1.54, 1.807) is 6.26 Å². The predicted molar refractivity (Wildman–Crippen MR) is 55.2 cm³/mol. The van der Waals surface area contributed by atoms with E-state index in [1.165, 1.54) is 0 Å². The summed E-state index contributed by atoms with van der Waals surface area (Å²) in [6.07, 6.45) is 3.85. The molecule has 0 spiro atoms. The van der Waals surface area contributed by atoms with Crippen LogP contribution in [0.15, 0.2) is 0 Å². The average Bonchev–Trinajstić information content (AvgIpc) is 2.03. The lowest BCUT2D eigenvalue weighted by Gasteiger charge is -2.27. The molecule has 4 heteroatoms. The van der Waals surface area contributed by atoms with E-state index < -0.39 is 10.8 Å². The third-order valence-corrected chi connectivity index (χ3v) is 4.17. The van der Waals surface area contributed by atoms with Crippen LogP contribution in [-0.2, 0) is 15.5 Å². The molecule has 1 fully saturated rings. The lowest BCUT2D eigenvalue weighted by atomic mass is 10.00. The monoisotopic (exact) mass is 254 g/mol. The van der Waals surface area contributed by atoms with Gasteiger partial charge in [0, 0.05) is 34.2 Å². The van der Waals surface area contributed by atoms with Crippen LogP contribution >= 0.6 is 15.9 Å². The second-order valence-electron chi connectivity index (χ2n) is 3.21. The van der Waals surface area contributed by atoms with E-state index in [2.05, 4.69) is 15.9 Å². The van der Waals surface area contributed by atoms with E-state index in [0.717, 1.165) is 31.8 Å². The maximum Gasteiger partial charge on any atom is 0.0505 e. The molecule has 0 aliphatic carbocycles. The lowest BCUT2D eigenvalue weighted by Crippen LogP contribution is -2.28. The minimum Gasteiger partial charge on any atom is -0.381 e. The SMILES string of the molecule is CS(=O)CCC1COCCC1Br. The Labute approximate surface area is 84.6 Å². The number of hydrogen-bond acceptors (Lipinski definition) is 2. The van der Waals surface area contributed by atoms with E-state index in [1.807, 2.05) is 0 Å². The fourth-order valence-corrected chi connectivity index (χ4v) is 2.59. The lowest BCUT2D eigenvalue weighted by molar-refractivity contribution is 0.0595. The minimum atomic E-state index is -0.659. The van der Waals surface area contributed by atoms with Gasteiger partial charge in [-0.2, -0.15) is 0 Å². The molecule has 0 aromatic heterocycles. The van der Waals surface area contributed by atoms with Crippen LogP contribution in [0.2, 0.25) is 0 Å². The van der Waals surface area contributed by atoms with Gasteiger partial charge in [-0.05, 0) is 18.8 Å². The van der Waals surface area contributed by atoms with Gasteiger partial charge in [0.15, 0.2) is 0 Å². The molecule has 12 heavy (non-hydrogen) atoms.